The van der Waals surface area contributed by atoms with Gasteiger partial charge in [-0.15, -0.1) is 0 Å². The summed E-state index contributed by atoms with van der Waals surface area (Å²) in [4.78, 5) is 42.2. The van der Waals surface area contributed by atoms with Crippen molar-refractivity contribution in [3.05, 3.63) is 77.3 Å². The molecule has 7 nitrogen and oxygen atoms in total. The Hall–Kier alpha value is -3.16. The average molecular weight is 496 g/mol. The van der Waals surface area contributed by atoms with Gasteiger partial charge in [0.15, 0.2) is 0 Å². The van der Waals surface area contributed by atoms with Crippen molar-refractivity contribution in [2.24, 2.45) is 23.7 Å². The van der Waals surface area contributed by atoms with Crippen LogP contribution in [-0.4, -0.2) is 47.4 Å². The molecule has 1 saturated heterocycles. The minimum absolute atomic E-state index is 0.121. The molecule has 1 aliphatic heterocycles. The van der Waals surface area contributed by atoms with Crippen LogP contribution in [0.4, 0.5) is 5.69 Å². The maximum Gasteiger partial charge on any atom is 0.247 e. The number of likely N-dealkylation sites (tertiary alicyclic amines) is 1. The smallest absolute Gasteiger partial charge is 0.247 e. The number of hydrogen-bond acceptors (Lipinski definition) is 4. The molecular weight excluding hydrogens is 466 g/mol. The highest BCUT2D eigenvalue weighted by molar-refractivity contribution is 6.30. The van der Waals surface area contributed by atoms with Crippen LogP contribution in [0, 0.1) is 23.7 Å². The molecule has 0 saturated carbocycles. The van der Waals surface area contributed by atoms with Crippen molar-refractivity contribution in [1.82, 2.24) is 10.2 Å². The fourth-order valence-electron chi connectivity index (χ4n) is 5.47. The molecule has 0 spiro atoms. The molecule has 2 aliphatic rings. The molecule has 2 aromatic rings. The molecule has 1 fully saturated rings. The van der Waals surface area contributed by atoms with Crippen molar-refractivity contribution in [3.63, 3.8) is 0 Å². The Labute approximate surface area is 210 Å². The first-order chi connectivity index (χ1) is 16.9. The summed E-state index contributed by atoms with van der Waals surface area (Å²) < 4.78 is 0. The lowest BCUT2D eigenvalue weighted by Gasteiger charge is -2.34. The van der Waals surface area contributed by atoms with Gasteiger partial charge in [-0.25, -0.2) is 0 Å². The lowest BCUT2D eigenvalue weighted by atomic mass is 9.69. The van der Waals surface area contributed by atoms with Crippen molar-refractivity contribution in [2.75, 3.05) is 19.0 Å². The molecular formula is C27H30ClN3O4. The van der Waals surface area contributed by atoms with Crippen LogP contribution in [0.15, 0.2) is 66.7 Å². The van der Waals surface area contributed by atoms with Gasteiger partial charge in [0.05, 0.1) is 24.5 Å². The molecule has 6 atom stereocenters. The Balaban J connectivity index is 1.78. The van der Waals surface area contributed by atoms with Gasteiger partial charge in [0.25, 0.3) is 0 Å². The van der Waals surface area contributed by atoms with E-state index in [2.05, 4.69) is 10.6 Å². The first-order valence-electron chi connectivity index (χ1n) is 11.9. The largest absolute Gasteiger partial charge is 0.394 e. The van der Waals surface area contributed by atoms with E-state index in [1.165, 1.54) is 4.90 Å². The predicted octanol–water partition coefficient (Wildman–Crippen LogP) is 3.41. The zero-order chi connectivity index (χ0) is 25.1. The van der Waals surface area contributed by atoms with E-state index in [1.54, 1.807) is 31.3 Å². The third kappa shape index (κ3) is 4.70. The van der Waals surface area contributed by atoms with Crippen LogP contribution in [0.3, 0.4) is 0 Å². The van der Waals surface area contributed by atoms with E-state index in [4.69, 9.17) is 11.6 Å². The number of rotatable bonds is 7. The van der Waals surface area contributed by atoms with Gasteiger partial charge in [-0.3, -0.25) is 14.4 Å². The zero-order valence-corrected chi connectivity index (χ0v) is 20.5. The molecule has 3 N–H and O–H groups in total. The number of aliphatic hydroxyl groups excluding tert-OH is 1. The second-order valence-electron chi connectivity index (χ2n) is 9.00. The number of allylic oxidation sites excluding steroid dienone is 1. The van der Waals surface area contributed by atoms with E-state index in [0.29, 0.717) is 17.1 Å². The van der Waals surface area contributed by atoms with E-state index < -0.39 is 29.8 Å². The minimum atomic E-state index is -0.901. The normalized spacial score (nSPS) is 26.2. The summed E-state index contributed by atoms with van der Waals surface area (Å²) in [6.07, 6.45) is 4.55. The molecule has 1 aliphatic carbocycles. The number of benzene rings is 2. The van der Waals surface area contributed by atoms with Gasteiger partial charge in [0.1, 0.15) is 6.04 Å². The van der Waals surface area contributed by atoms with Crippen molar-refractivity contribution in [3.8, 4) is 0 Å². The number of hydrogen-bond donors (Lipinski definition) is 3. The summed E-state index contributed by atoms with van der Waals surface area (Å²) in [7, 11) is 1.56. The van der Waals surface area contributed by atoms with Gasteiger partial charge in [-0.2, -0.15) is 0 Å². The number of carbonyl (C=O) groups excluding carboxylic acids is 3. The van der Waals surface area contributed by atoms with Gasteiger partial charge in [0, 0.05) is 23.7 Å². The maximum absolute atomic E-state index is 14.0. The molecule has 8 heteroatoms. The predicted molar refractivity (Wildman–Crippen MR) is 134 cm³/mol. The SMILES string of the molecule is CC[C@@H]1C=C[C@H]2[C@@H](C(=O)N([C@H](CO)c3ccccc3)[C@@H]2C(=O)Nc2ccc(Cl)cc2)[C@@H]1C(=O)NC. The van der Waals surface area contributed by atoms with Crippen LogP contribution >= 0.6 is 11.6 Å². The number of amides is 3. The second-order valence-corrected chi connectivity index (χ2v) is 9.43. The fraction of sp³-hybridized carbons (Fsp3) is 0.370. The number of nitrogens with zero attached hydrogens (tertiary/aromatic N) is 1. The van der Waals surface area contributed by atoms with Crippen LogP contribution in [0.25, 0.3) is 0 Å². The highest BCUT2D eigenvalue weighted by Gasteiger charge is 2.58. The Bertz CT molecular complexity index is 1110. The molecule has 35 heavy (non-hydrogen) atoms. The number of halogens is 1. The number of carbonyl (C=O) groups is 3. The van der Waals surface area contributed by atoms with Gasteiger partial charge in [0.2, 0.25) is 17.7 Å². The van der Waals surface area contributed by atoms with Crippen molar-refractivity contribution >= 4 is 35.0 Å². The molecule has 0 radical (unpaired) electrons. The Morgan fingerprint density at radius 1 is 1.06 bits per heavy atom. The summed E-state index contributed by atoms with van der Waals surface area (Å²) in [5.41, 5.74) is 1.27. The monoisotopic (exact) mass is 495 g/mol. The molecule has 0 unspecified atom stereocenters. The first kappa shape index (κ1) is 24.9. The lowest BCUT2D eigenvalue weighted by molar-refractivity contribution is -0.143. The van der Waals surface area contributed by atoms with Crippen molar-refractivity contribution in [2.45, 2.75) is 25.4 Å². The van der Waals surface area contributed by atoms with Crippen LogP contribution in [0.1, 0.15) is 24.9 Å². The van der Waals surface area contributed by atoms with Crippen molar-refractivity contribution in [1.29, 1.82) is 0 Å². The Kier molecular flexibility index (Phi) is 7.57. The molecule has 3 amide bonds. The highest BCUT2D eigenvalue weighted by Crippen LogP contribution is 2.47. The molecule has 1 heterocycles. The van der Waals surface area contributed by atoms with E-state index in [-0.39, 0.29) is 30.2 Å². The number of nitrogens with one attached hydrogen (secondary N) is 2. The minimum Gasteiger partial charge on any atom is -0.394 e. The first-order valence-corrected chi connectivity index (χ1v) is 12.2. The third-order valence-electron chi connectivity index (χ3n) is 7.14. The molecule has 4 rings (SSSR count). The van der Waals surface area contributed by atoms with Crippen LogP contribution in [0.5, 0.6) is 0 Å². The second kappa shape index (κ2) is 10.6. The molecule has 0 aromatic heterocycles. The molecule has 184 valence electrons. The average Bonchev–Trinajstić information content (AvgIpc) is 3.17. The number of aliphatic hydroxyl groups is 1. The Morgan fingerprint density at radius 3 is 2.34 bits per heavy atom. The van der Waals surface area contributed by atoms with E-state index in [1.807, 2.05) is 49.4 Å². The summed E-state index contributed by atoms with van der Waals surface area (Å²) in [6.45, 7) is 1.62. The number of fused-ring (bicyclic) bond motifs is 1. The topological polar surface area (TPSA) is 98.7 Å². The van der Waals surface area contributed by atoms with E-state index >= 15 is 0 Å². The standard InChI is InChI=1S/C27H30ClN3O4/c1-3-16-9-14-20-23(22(16)25(33)29-2)27(35)31(21(15-32)17-7-5-4-6-8-17)24(20)26(34)30-19-12-10-18(28)11-13-19/h4-14,16,20-24,32H,3,15H2,1-2H3,(H,29,33)(H,30,34)/t16-,20+,21-,22-,23-,24+/m1/s1. The third-order valence-corrected chi connectivity index (χ3v) is 7.39. The van der Waals surface area contributed by atoms with Crippen LogP contribution in [-0.2, 0) is 14.4 Å². The summed E-state index contributed by atoms with van der Waals surface area (Å²) in [6, 6.07) is 14.3. The Morgan fingerprint density at radius 2 is 1.74 bits per heavy atom. The fourth-order valence-corrected chi connectivity index (χ4v) is 5.60. The maximum atomic E-state index is 14.0. The summed E-state index contributed by atoms with van der Waals surface area (Å²) in [5, 5.41) is 16.5. The number of anilines is 1. The lowest BCUT2D eigenvalue weighted by Crippen LogP contribution is -2.46. The van der Waals surface area contributed by atoms with Gasteiger partial charge in [-0.05, 0) is 42.2 Å². The van der Waals surface area contributed by atoms with E-state index in [9.17, 15) is 19.5 Å². The quantitative estimate of drug-likeness (QED) is 0.512. The van der Waals surface area contributed by atoms with Gasteiger partial charge >= 0.3 is 0 Å². The zero-order valence-electron chi connectivity index (χ0n) is 19.7. The van der Waals surface area contributed by atoms with Crippen LogP contribution in [0.2, 0.25) is 5.02 Å². The van der Waals surface area contributed by atoms with Crippen molar-refractivity contribution < 1.29 is 19.5 Å². The van der Waals surface area contributed by atoms with E-state index in [0.717, 1.165) is 5.56 Å². The highest BCUT2D eigenvalue weighted by atomic mass is 35.5. The summed E-state index contributed by atoms with van der Waals surface area (Å²) in [5.74, 6) is -2.84. The molecule has 2 aromatic carbocycles. The van der Waals surface area contributed by atoms with Crippen LogP contribution < -0.4 is 10.6 Å². The summed E-state index contributed by atoms with van der Waals surface area (Å²) >= 11 is 5.98. The van der Waals surface area contributed by atoms with Gasteiger partial charge in [-0.1, -0.05) is 61.0 Å². The van der Waals surface area contributed by atoms with Gasteiger partial charge < -0.3 is 20.6 Å². The molecule has 0 bridgehead atoms.